The summed E-state index contributed by atoms with van der Waals surface area (Å²) in [6.45, 7) is 4.59. The van der Waals surface area contributed by atoms with Gasteiger partial charge in [0.1, 0.15) is 12.1 Å². The highest BCUT2D eigenvalue weighted by Crippen LogP contribution is 2.42. The van der Waals surface area contributed by atoms with Gasteiger partial charge in [-0.1, -0.05) is 38.7 Å². The fraction of sp³-hybridized carbons (Fsp3) is 0.739. The van der Waals surface area contributed by atoms with E-state index in [1.54, 1.807) is 13.0 Å². The molecule has 26 heavy (non-hydrogen) atoms. The zero-order valence-electron chi connectivity index (χ0n) is 16.6. The molecule has 0 amide bonds. The molecule has 0 aromatic heterocycles. The second-order valence-electron chi connectivity index (χ2n) is 8.30. The van der Waals surface area contributed by atoms with Crippen LogP contribution in [-0.2, 0) is 4.74 Å². The summed E-state index contributed by atoms with van der Waals surface area (Å²) in [6.07, 6.45) is 16.9. The summed E-state index contributed by atoms with van der Waals surface area (Å²) in [5.74, 6) is 3.67. The Hall–Kier alpha value is -1.12. The van der Waals surface area contributed by atoms with Crippen LogP contribution in [0.15, 0.2) is 36.1 Å². The summed E-state index contributed by atoms with van der Waals surface area (Å²) in [6, 6.07) is 0. The number of allylic oxidation sites excluding steroid dienone is 3. The van der Waals surface area contributed by atoms with Gasteiger partial charge in [-0.25, -0.2) is 8.78 Å². The quantitative estimate of drug-likeness (QED) is 0.316. The van der Waals surface area contributed by atoms with Crippen LogP contribution in [0.5, 0.6) is 0 Å². The molecule has 0 N–H and O–H groups in total. The van der Waals surface area contributed by atoms with Gasteiger partial charge in [-0.3, -0.25) is 0 Å². The van der Waals surface area contributed by atoms with Crippen LogP contribution in [-0.4, -0.2) is 6.61 Å². The topological polar surface area (TPSA) is 9.23 Å². The van der Waals surface area contributed by atoms with Gasteiger partial charge in [-0.15, -0.1) is 0 Å². The average Bonchev–Trinajstić information content (AvgIpc) is 2.68. The second-order valence-corrected chi connectivity index (χ2v) is 8.30. The standard InChI is InChI=1S/C23H36F2O/c1-3-26-23(17-25)15-10-20(16-24)7-6-19-8-13-22(14-9-19)21-11-4-18(2)5-12-21/h10,15-19,21-22H,3-9,11-14H2,1-2H3/b15-10-,20-16+,23-17-. The Bertz CT molecular complexity index is 478. The van der Waals surface area contributed by atoms with E-state index in [-0.39, 0.29) is 5.76 Å². The molecule has 0 aromatic carbocycles. The summed E-state index contributed by atoms with van der Waals surface area (Å²) in [5, 5.41) is 0. The first-order valence-corrected chi connectivity index (χ1v) is 10.6. The van der Waals surface area contributed by atoms with E-state index in [1.165, 1.54) is 57.4 Å². The maximum atomic E-state index is 13.1. The molecule has 2 aliphatic carbocycles. The summed E-state index contributed by atoms with van der Waals surface area (Å²) >= 11 is 0. The third-order valence-electron chi connectivity index (χ3n) is 6.48. The van der Waals surface area contributed by atoms with Crippen LogP contribution in [0.25, 0.3) is 0 Å². The zero-order chi connectivity index (χ0) is 18.8. The molecule has 2 rings (SSSR count). The van der Waals surface area contributed by atoms with E-state index in [4.69, 9.17) is 4.74 Å². The van der Waals surface area contributed by atoms with Gasteiger partial charge in [0.2, 0.25) is 0 Å². The van der Waals surface area contributed by atoms with E-state index in [9.17, 15) is 8.78 Å². The van der Waals surface area contributed by atoms with Crippen molar-refractivity contribution < 1.29 is 13.5 Å². The monoisotopic (exact) mass is 366 g/mol. The molecule has 2 aliphatic rings. The summed E-state index contributed by atoms with van der Waals surface area (Å²) in [4.78, 5) is 0. The van der Waals surface area contributed by atoms with Crippen LogP contribution in [0.2, 0.25) is 0 Å². The molecule has 2 fully saturated rings. The van der Waals surface area contributed by atoms with Crippen LogP contribution >= 0.6 is 0 Å². The van der Waals surface area contributed by atoms with Gasteiger partial charge in [0.05, 0.1) is 12.9 Å². The number of hydrogen-bond donors (Lipinski definition) is 0. The molecule has 0 spiro atoms. The second kappa shape index (κ2) is 11.6. The highest BCUT2D eigenvalue weighted by molar-refractivity contribution is 5.23. The van der Waals surface area contributed by atoms with Crippen LogP contribution < -0.4 is 0 Å². The van der Waals surface area contributed by atoms with E-state index < -0.39 is 0 Å². The van der Waals surface area contributed by atoms with E-state index in [1.807, 2.05) is 0 Å². The van der Waals surface area contributed by atoms with Crippen molar-refractivity contribution in [2.75, 3.05) is 6.61 Å². The Kier molecular flexibility index (Phi) is 9.42. The van der Waals surface area contributed by atoms with Crippen molar-refractivity contribution in [2.24, 2.45) is 23.7 Å². The molecule has 0 saturated heterocycles. The number of halogens is 2. The minimum atomic E-state index is 0.147. The number of ether oxygens (including phenoxy) is 1. The molecular weight excluding hydrogens is 330 g/mol. The predicted molar refractivity (Wildman–Crippen MR) is 105 cm³/mol. The first-order valence-electron chi connectivity index (χ1n) is 10.6. The molecule has 2 saturated carbocycles. The van der Waals surface area contributed by atoms with Crippen molar-refractivity contribution in [1.82, 2.24) is 0 Å². The first-order chi connectivity index (χ1) is 12.7. The molecule has 0 bridgehead atoms. The molecule has 0 radical (unpaired) electrons. The van der Waals surface area contributed by atoms with Crippen molar-refractivity contribution in [3.05, 3.63) is 36.1 Å². The van der Waals surface area contributed by atoms with Crippen molar-refractivity contribution in [3.8, 4) is 0 Å². The lowest BCUT2D eigenvalue weighted by Crippen LogP contribution is -2.25. The number of hydrogen-bond acceptors (Lipinski definition) is 1. The minimum Gasteiger partial charge on any atom is -0.491 e. The van der Waals surface area contributed by atoms with E-state index >= 15 is 0 Å². The van der Waals surface area contributed by atoms with Crippen molar-refractivity contribution >= 4 is 0 Å². The molecular formula is C23H36F2O. The maximum Gasteiger partial charge on any atom is 0.147 e. The van der Waals surface area contributed by atoms with Crippen LogP contribution in [0.4, 0.5) is 8.78 Å². The molecule has 0 atom stereocenters. The molecule has 1 nitrogen and oxygen atoms in total. The van der Waals surface area contributed by atoms with Crippen LogP contribution in [0.3, 0.4) is 0 Å². The van der Waals surface area contributed by atoms with Crippen LogP contribution in [0.1, 0.15) is 78.1 Å². The maximum absolute atomic E-state index is 13.1. The van der Waals surface area contributed by atoms with Gasteiger partial charge in [0, 0.05) is 0 Å². The average molecular weight is 367 g/mol. The summed E-state index contributed by atoms with van der Waals surface area (Å²) < 4.78 is 30.9. The normalized spacial score (nSPS) is 31.4. The number of rotatable bonds is 8. The SMILES string of the molecule is CCOC(/C=C\C(=C\F)CCC1CCC(C2CCC(C)CC2)CC1)=C\F. The zero-order valence-corrected chi connectivity index (χ0v) is 16.6. The van der Waals surface area contributed by atoms with Crippen molar-refractivity contribution in [2.45, 2.75) is 78.1 Å². The highest BCUT2D eigenvalue weighted by atomic mass is 19.1. The van der Waals surface area contributed by atoms with Gasteiger partial charge in [-0.2, -0.15) is 0 Å². The Balaban J connectivity index is 1.70. The molecule has 0 aromatic rings. The van der Waals surface area contributed by atoms with Gasteiger partial charge >= 0.3 is 0 Å². The molecule has 0 unspecified atom stereocenters. The Labute approximate surface area is 158 Å². The lowest BCUT2D eigenvalue weighted by atomic mass is 9.69. The van der Waals surface area contributed by atoms with Gasteiger partial charge in [-0.05, 0) is 80.8 Å². The van der Waals surface area contributed by atoms with E-state index in [0.717, 1.165) is 30.6 Å². The lowest BCUT2D eigenvalue weighted by molar-refractivity contribution is 0.148. The Morgan fingerprint density at radius 3 is 2.04 bits per heavy atom. The largest absolute Gasteiger partial charge is 0.491 e. The van der Waals surface area contributed by atoms with Crippen molar-refractivity contribution in [3.63, 3.8) is 0 Å². The fourth-order valence-corrected chi connectivity index (χ4v) is 4.72. The highest BCUT2D eigenvalue weighted by Gasteiger charge is 2.29. The summed E-state index contributed by atoms with van der Waals surface area (Å²) in [7, 11) is 0. The molecule has 0 heterocycles. The van der Waals surface area contributed by atoms with Crippen LogP contribution in [0, 0.1) is 23.7 Å². The predicted octanol–water partition coefficient (Wildman–Crippen LogP) is 7.66. The lowest BCUT2D eigenvalue weighted by Gasteiger charge is -2.37. The molecule has 3 heteroatoms. The van der Waals surface area contributed by atoms with Gasteiger partial charge < -0.3 is 4.74 Å². The van der Waals surface area contributed by atoms with E-state index in [0.29, 0.717) is 30.8 Å². The first kappa shape index (κ1) is 21.2. The smallest absolute Gasteiger partial charge is 0.147 e. The van der Waals surface area contributed by atoms with E-state index in [2.05, 4.69) is 6.92 Å². The third-order valence-corrected chi connectivity index (χ3v) is 6.48. The van der Waals surface area contributed by atoms with Gasteiger partial charge in [0.15, 0.2) is 0 Å². The van der Waals surface area contributed by atoms with Crippen molar-refractivity contribution in [1.29, 1.82) is 0 Å². The molecule has 148 valence electrons. The van der Waals surface area contributed by atoms with Gasteiger partial charge in [0.25, 0.3) is 0 Å². The fourth-order valence-electron chi connectivity index (χ4n) is 4.72. The minimum absolute atomic E-state index is 0.147. The summed E-state index contributed by atoms with van der Waals surface area (Å²) in [5.41, 5.74) is 0.618. The molecule has 0 aliphatic heterocycles. The third kappa shape index (κ3) is 6.89. The Morgan fingerprint density at radius 2 is 1.50 bits per heavy atom. The Morgan fingerprint density at radius 1 is 0.885 bits per heavy atom.